The fourth-order valence-corrected chi connectivity index (χ4v) is 7.34. The van der Waals surface area contributed by atoms with E-state index in [0.29, 0.717) is 16.8 Å². The van der Waals surface area contributed by atoms with Crippen LogP contribution < -0.4 is 21.1 Å². The molecule has 4 aromatic rings. The molecule has 3 aromatic heterocycles. The highest BCUT2D eigenvalue weighted by molar-refractivity contribution is 8.00. The molecule has 1 fully saturated rings. The van der Waals surface area contributed by atoms with Crippen molar-refractivity contribution in [3.8, 4) is 0 Å². The van der Waals surface area contributed by atoms with Crippen LogP contribution in [0.3, 0.4) is 0 Å². The molecule has 0 unspecified atom stereocenters. The lowest BCUT2D eigenvalue weighted by Crippen LogP contribution is -2.63. The summed E-state index contributed by atoms with van der Waals surface area (Å²) in [5.41, 5.74) is 10.4. The predicted octanol–water partition coefficient (Wildman–Crippen LogP) is -0.587. The number of imidazole rings is 1. The Balaban J connectivity index is 0.00000175. The Labute approximate surface area is 306 Å². The number of nitrogens with one attached hydrogen (secondary N) is 1. The molecule has 1 amide bonds. The fourth-order valence-electron chi connectivity index (χ4n) is 5.50. The second-order valence-electron chi connectivity index (χ2n) is 12.1. The summed E-state index contributed by atoms with van der Waals surface area (Å²) in [6.07, 6.45) is 4.80. The highest BCUT2D eigenvalue weighted by atomic mass is 32.2. The van der Waals surface area contributed by atoms with Crippen molar-refractivity contribution >= 4 is 75.7 Å². The smallest absolute Gasteiger partial charge is 0.350 e. The number of aromatic nitrogens is 5. The molecule has 0 spiro atoms. The molecule has 0 aliphatic carbocycles. The molecule has 22 heteroatoms. The monoisotopic (exact) mass is 770 g/mol. The van der Waals surface area contributed by atoms with Crippen LogP contribution in [0.4, 0.5) is 9.52 Å². The average Bonchev–Trinajstić information content (AvgIpc) is 3.82. The number of hydrogen-bond acceptors (Lipinski definition) is 14. The number of benzene rings is 1. The number of β-lactam (4-membered cyclic amide) rings is 1. The topological polar surface area (TPSA) is 289 Å². The van der Waals surface area contributed by atoms with Crippen LogP contribution in [0, 0.1) is 17.1 Å². The van der Waals surface area contributed by atoms with Gasteiger partial charge in [0.25, 0.3) is 6.47 Å². The minimum atomic E-state index is -1.80. The summed E-state index contributed by atoms with van der Waals surface area (Å²) in [7, 11) is 0. The van der Waals surface area contributed by atoms with Gasteiger partial charge in [-0.2, -0.15) is 9.36 Å². The van der Waals surface area contributed by atoms with Crippen molar-refractivity contribution in [3.05, 3.63) is 76.9 Å². The van der Waals surface area contributed by atoms with Crippen molar-refractivity contribution in [1.29, 1.82) is 5.41 Å². The van der Waals surface area contributed by atoms with E-state index in [1.807, 2.05) is 0 Å². The second kappa shape index (κ2) is 15.2. The van der Waals surface area contributed by atoms with E-state index in [1.54, 1.807) is 50.6 Å². The molecule has 5 heterocycles. The molecular weight excluding hydrogens is 740 g/mol. The summed E-state index contributed by atoms with van der Waals surface area (Å²) in [4.78, 5) is 69.3. The highest BCUT2D eigenvalue weighted by Gasteiger charge is 2.53. The molecule has 19 nitrogen and oxygen atoms in total. The van der Waals surface area contributed by atoms with Gasteiger partial charge in [0.15, 0.2) is 22.8 Å². The van der Waals surface area contributed by atoms with Gasteiger partial charge in [-0.3, -0.25) is 24.7 Å². The number of nitrogens with two attached hydrogens (primary N) is 2. The number of Topliss-reactive ketones (excluding diaryl/α,β-unsaturated/α-hetero) is 1. The van der Waals surface area contributed by atoms with Crippen molar-refractivity contribution in [1.82, 2.24) is 23.5 Å². The summed E-state index contributed by atoms with van der Waals surface area (Å²) in [6, 6.07) is 6.11. The molecular formula is C31H31FN10O9S2. The molecule has 7 N–H and O–H groups in total. The minimum absolute atomic E-state index is 0.0204. The summed E-state index contributed by atoms with van der Waals surface area (Å²) in [5.74, 6) is -5.90. The largest absolute Gasteiger partial charge is 0.543 e. The number of carboxylic acids is 2. The van der Waals surface area contributed by atoms with Crippen LogP contribution in [-0.2, 0) is 41.9 Å². The van der Waals surface area contributed by atoms with Crippen LogP contribution in [-0.4, -0.2) is 92.0 Å². The highest BCUT2D eigenvalue weighted by Crippen LogP contribution is 2.45. The van der Waals surface area contributed by atoms with Gasteiger partial charge in [0.2, 0.25) is 17.3 Å². The molecule has 0 bridgehead atoms. The maximum Gasteiger partial charge on any atom is 0.350 e. The standard InChI is InChI=1S/C30H29FN10O7S2.CH2O2/c1-30(2,28(46)47)48-36-21(24-35-29(34)50-37-24)19(42)10-17-25(43)41-22(27(44)45)16(13-49-26(17)41)12-39-6-5-20-38(7-8-40(20)39)11-15-4-3-14(23(32)33)9-18(15)31;2-1-3/h3-9,17,26H,10-13H2,1-2H3,(H6-,32,33,34,35,37,44,45,46,47);1H,(H,2,3)/b36-21+;/t17-,26-;/m1./s1. The number of carbonyl (C=O) groups excluding carboxylic acids is 3. The number of aliphatic carboxylic acids is 2. The molecule has 0 radical (unpaired) electrons. The van der Waals surface area contributed by atoms with Gasteiger partial charge in [-0.05, 0) is 25.5 Å². The van der Waals surface area contributed by atoms with Gasteiger partial charge in [-0.25, -0.2) is 18.4 Å². The lowest BCUT2D eigenvalue weighted by molar-refractivity contribution is -0.662. The number of carbonyl (C=O) groups is 5. The summed E-state index contributed by atoms with van der Waals surface area (Å²) in [6.45, 7) is 2.47. The number of fused-ring (bicyclic) bond motifs is 2. The zero-order chi connectivity index (χ0) is 38.8. The predicted molar refractivity (Wildman–Crippen MR) is 183 cm³/mol. The first-order chi connectivity index (χ1) is 25.1. The lowest BCUT2D eigenvalue weighted by Gasteiger charge is -2.50. The van der Waals surface area contributed by atoms with Gasteiger partial charge in [0.05, 0.1) is 41.8 Å². The summed E-state index contributed by atoms with van der Waals surface area (Å²) >= 11 is 2.06. The molecule has 278 valence electrons. The Hall–Kier alpha value is -6.16. The normalized spacial score (nSPS) is 17.1. The van der Waals surface area contributed by atoms with Crippen molar-refractivity contribution in [2.45, 2.75) is 44.3 Å². The molecule has 1 saturated heterocycles. The first kappa shape index (κ1) is 38.1. The van der Waals surface area contributed by atoms with E-state index in [1.165, 1.54) is 31.7 Å². The van der Waals surface area contributed by atoms with E-state index in [-0.39, 0.29) is 53.4 Å². The van der Waals surface area contributed by atoms with E-state index >= 15 is 0 Å². The van der Waals surface area contributed by atoms with Crippen LogP contribution >= 0.6 is 23.3 Å². The first-order valence-corrected chi connectivity index (χ1v) is 17.2. The number of amides is 1. The molecule has 53 heavy (non-hydrogen) atoms. The van der Waals surface area contributed by atoms with Crippen LogP contribution in [0.2, 0.25) is 0 Å². The van der Waals surface area contributed by atoms with Gasteiger partial charge in [-0.15, -0.1) is 16.3 Å². The third-order valence-electron chi connectivity index (χ3n) is 8.20. The Morgan fingerprint density at radius 3 is 2.60 bits per heavy atom. The van der Waals surface area contributed by atoms with E-state index in [0.717, 1.165) is 16.4 Å². The number of halogens is 1. The lowest BCUT2D eigenvalue weighted by atomic mass is 9.89. The zero-order valence-electron chi connectivity index (χ0n) is 27.8. The molecule has 0 saturated carbocycles. The van der Waals surface area contributed by atoms with Crippen molar-refractivity contribution in [2.24, 2.45) is 16.8 Å². The van der Waals surface area contributed by atoms with Gasteiger partial charge < -0.3 is 36.4 Å². The first-order valence-electron chi connectivity index (χ1n) is 15.3. The number of thioether (sulfide) groups is 1. The zero-order valence-corrected chi connectivity index (χ0v) is 29.5. The Kier molecular flexibility index (Phi) is 10.9. The minimum Gasteiger partial charge on any atom is -0.543 e. The number of anilines is 1. The number of ketones is 1. The van der Waals surface area contributed by atoms with Crippen molar-refractivity contribution in [3.63, 3.8) is 0 Å². The third-order valence-corrected chi connectivity index (χ3v) is 10.1. The van der Waals surface area contributed by atoms with Crippen molar-refractivity contribution < 1.29 is 53.1 Å². The van der Waals surface area contributed by atoms with Gasteiger partial charge in [0.1, 0.15) is 24.4 Å². The Morgan fingerprint density at radius 2 is 2.00 bits per heavy atom. The number of carboxylic acid groups (broad SMARTS) is 3. The molecule has 1 aromatic carbocycles. The number of oxime groups is 1. The van der Waals surface area contributed by atoms with Crippen LogP contribution in [0.1, 0.15) is 37.2 Å². The molecule has 6 rings (SSSR count). The van der Waals surface area contributed by atoms with E-state index in [4.69, 9.17) is 31.6 Å². The summed E-state index contributed by atoms with van der Waals surface area (Å²) in [5, 5.41) is 39.2. The maximum atomic E-state index is 14.7. The quantitative estimate of drug-likeness (QED) is 0.0284. The molecule has 2 atom stereocenters. The van der Waals surface area contributed by atoms with Gasteiger partial charge >= 0.3 is 11.6 Å². The second-order valence-corrected chi connectivity index (χ2v) is 13.9. The Bertz CT molecular complexity index is 2210. The average molecular weight is 771 g/mol. The fraction of sp³-hybridized carbons (Fsp3) is 0.290. The van der Waals surface area contributed by atoms with E-state index in [9.17, 15) is 33.8 Å². The molecule has 2 aliphatic heterocycles. The van der Waals surface area contributed by atoms with Crippen LogP contribution in [0.5, 0.6) is 0 Å². The summed E-state index contributed by atoms with van der Waals surface area (Å²) < 4.78 is 24.0. The van der Waals surface area contributed by atoms with Crippen molar-refractivity contribution in [2.75, 3.05) is 11.5 Å². The third kappa shape index (κ3) is 7.72. The number of hydrogen-bond donors (Lipinski definition) is 5. The van der Waals surface area contributed by atoms with E-state index in [2.05, 4.69) is 14.5 Å². The van der Waals surface area contributed by atoms with Crippen LogP contribution in [0.25, 0.3) is 5.65 Å². The number of nitrogens with zero attached hydrogens (tertiary/aromatic N) is 7. The Morgan fingerprint density at radius 1 is 1.28 bits per heavy atom. The number of amidine groups is 1. The molecule has 2 aliphatic rings. The maximum absolute atomic E-state index is 14.7. The van der Waals surface area contributed by atoms with E-state index < -0.39 is 58.5 Å². The SMILES string of the molecule is CC(C)(O/N=C(\C(=O)C[C@@H]1C(=O)N2C(C(=O)[O-])=C(Cn3ccc4n3cc[n+]4Cc3ccc(C(=N)N)cc3F)CS[C@H]12)c1nsc(N)n1)C(=O)O.O=CO. The van der Waals surface area contributed by atoms with Crippen LogP contribution in [0.15, 0.2) is 59.3 Å². The number of nitrogen functional groups attached to an aromatic ring is 2. The number of rotatable bonds is 13. The van der Waals surface area contributed by atoms with Gasteiger partial charge in [-0.1, -0.05) is 17.3 Å². The van der Waals surface area contributed by atoms with Gasteiger partial charge in [0, 0.05) is 34.8 Å².